The van der Waals surface area contributed by atoms with Crippen molar-refractivity contribution in [2.75, 3.05) is 14.1 Å². The van der Waals surface area contributed by atoms with E-state index in [1.165, 1.54) is 4.90 Å². The molecular formula is C11H14Cl2N2O. The van der Waals surface area contributed by atoms with Gasteiger partial charge in [-0.25, -0.2) is 0 Å². The third-order valence-electron chi connectivity index (χ3n) is 2.26. The highest BCUT2D eigenvalue weighted by atomic mass is 35.5. The average molecular weight is 261 g/mol. The van der Waals surface area contributed by atoms with Crippen molar-refractivity contribution in [2.45, 2.75) is 12.5 Å². The van der Waals surface area contributed by atoms with Crippen LogP contribution in [0.3, 0.4) is 0 Å². The minimum atomic E-state index is -0.403. The van der Waals surface area contributed by atoms with Crippen LogP contribution in [0.2, 0.25) is 10.0 Å². The Kier molecular flexibility index (Phi) is 4.59. The highest BCUT2D eigenvalue weighted by molar-refractivity contribution is 6.35. The molecule has 1 unspecified atom stereocenters. The van der Waals surface area contributed by atoms with Crippen LogP contribution in [-0.2, 0) is 4.79 Å². The van der Waals surface area contributed by atoms with Crippen LogP contribution in [0.5, 0.6) is 0 Å². The van der Waals surface area contributed by atoms with Crippen LogP contribution in [0.1, 0.15) is 18.0 Å². The Hall–Kier alpha value is -0.770. The van der Waals surface area contributed by atoms with Crippen LogP contribution in [-0.4, -0.2) is 24.9 Å². The van der Waals surface area contributed by atoms with E-state index < -0.39 is 6.04 Å². The summed E-state index contributed by atoms with van der Waals surface area (Å²) in [6, 6.07) is 4.68. The van der Waals surface area contributed by atoms with Gasteiger partial charge in [-0.1, -0.05) is 29.3 Å². The molecule has 16 heavy (non-hydrogen) atoms. The summed E-state index contributed by atoms with van der Waals surface area (Å²) >= 11 is 11.8. The van der Waals surface area contributed by atoms with Crippen molar-refractivity contribution in [3.05, 3.63) is 33.8 Å². The van der Waals surface area contributed by atoms with Crippen molar-refractivity contribution in [1.29, 1.82) is 0 Å². The second kappa shape index (κ2) is 5.53. The van der Waals surface area contributed by atoms with E-state index >= 15 is 0 Å². The van der Waals surface area contributed by atoms with Crippen molar-refractivity contribution >= 4 is 29.1 Å². The molecule has 1 aromatic rings. The molecule has 5 heteroatoms. The summed E-state index contributed by atoms with van der Waals surface area (Å²) in [4.78, 5) is 13.0. The number of rotatable bonds is 3. The quantitative estimate of drug-likeness (QED) is 0.908. The molecular weight excluding hydrogens is 247 g/mol. The maximum atomic E-state index is 11.5. The number of hydrogen-bond donors (Lipinski definition) is 1. The molecule has 0 saturated carbocycles. The SMILES string of the molecule is CN(C)C(=O)CC(N)c1ccc(Cl)cc1Cl. The predicted molar refractivity (Wildman–Crippen MR) is 66.7 cm³/mol. The molecule has 1 amide bonds. The van der Waals surface area contributed by atoms with E-state index in [4.69, 9.17) is 28.9 Å². The first kappa shape index (κ1) is 13.3. The second-order valence-corrected chi connectivity index (χ2v) is 4.61. The van der Waals surface area contributed by atoms with Gasteiger partial charge in [-0.15, -0.1) is 0 Å². The van der Waals surface area contributed by atoms with Crippen molar-refractivity contribution in [3.63, 3.8) is 0 Å². The van der Waals surface area contributed by atoms with Crippen molar-refractivity contribution in [2.24, 2.45) is 5.73 Å². The second-order valence-electron chi connectivity index (χ2n) is 3.76. The Bertz CT molecular complexity index is 394. The summed E-state index contributed by atoms with van der Waals surface area (Å²) in [5.74, 6) is -0.0292. The molecule has 1 rings (SSSR count). The molecule has 0 radical (unpaired) electrons. The van der Waals surface area contributed by atoms with Gasteiger partial charge in [0.05, 0.1) is 0 Å². The summed E-state index contributed by atoms with van der Waals surface area (Å²) in [5, 5.41) is 1.05. The molecule has 0 spiro atoms. The van der Waals surface area contributed by atoms with E-state index in [9.17, 15) is 4.79 Å². The Morgan fingerprint density at radius 2 is 2.06 bits per heavy atom. The fraction of sp³-hybridized carbons (Fsp3) is 0.364. The number of hydrogen-bond acceptors (Lipinski definition) is 2. The predicted octanol–water partition coefficient (Wildman–Crippen LogP) is 2.47. The molecule has 88 valence electrons. The van der Waals surface area contributed by atoms with Crippen LogP contribution in [0, 0.1) is 0 Å². The summed E-state index contributed by atoms with van der Waals surface area (Å²) in [6.07, 6.45) is 0.231. The standard InChI is InChI=1S/C11H14Cl2N2O/c1-15(2)11(16)6-10(14)8-4-3-7(12)5-9(8)13/h3-5,10H,6,14H2,1-2H3. The Labute approximate surface area is 105 Å². The first-order valence-corrected chi connectivity index (χ1v) is 5.58. The van der Waals surface area contributed by atoms with Gasteiger partial charge in [0.25, 0.3) is 0 Å². The highest BCUT2D eigenvalue weighted by Gasteiger charge is 2.15. The van der Waals surface area contributed by atoms with Gasteiger partial charge in [-0.2, -0.15) is 0 Å². The number of nitrogens with two attached hydrogens (primary N) is 1. The number of benzene rings is 1. The van der Waals surface area contributed by atoms with Crippen molar-refractivity contribution in [3.8, 4) is 0 Å². The molecule has 0 aliphatic heterocycles. The van der Waals surface area contributed by atoms with Gasteiger partial charge in [-0.3, -0.25) is 4.79 Å². The van der Waals surface area contributed by atoms with Gasteiger partial charge < -0.3 is 10.6 Å². The number of carbonyl (C=O) groups is 1. The Balaban J connectivity index is 2.80. The van der Waals surface area contributed by atoms with Gasteiger partial charge in [0, 0.05) is 36.6 Å². The fourth-order valence-electron chi connectivity index (χ4n) is 1.28. The minimum Gasteiger partial charge on any atom is -0.349 e. The molecule has 1 atom stereocenters. The number of halogens is 2. The summed E-state index contributed by atoms with van der Waals surface area (Å²) in [6.45, 7) is 0. The molecule has 1 aromatic carbocycles. The topological polar surface area (TPSA) is 46.3 Å². The van der Waals surface area contributed by atoms with E-state index in [2.05, 4.69) is 0 Å². The normalized spacial score (nSPS) is 12.3. The zero-order valence-electron chi connectivity index (χ0n) is 9.21. The Morgan fingerprint density at radius 3 is 2.56 bits per heavy atom. The monoisotopic (exact) mass is 260 g/mol. The molecule has 0 saturated heterocycles. The first-order valence-electron chi connectivity index (χ1n) is 4.82. The largest absolute Gasteiger partial charge is 0.349 e. The molecule has 3 nitrogen and oxygen atoms in total. The number of nitrogens with zero attached hydrogens (tertiary/aromatic N) is 1. The summed E-state index contributed by atoms with van der Waals surface area (Å²) in [7, 11) is 3.39. The minimum absolute atomic E-state index is 0.0292. The van der Waals surface area contributed by atoms with E-state index in [1.807, 2.05) is 0 Å². The van der Waals surface area contributed by atoms with Gasteiger partial charge in [0.2, 0.25) is 5.91 Å². The van der Waals surface area contributed by atoms with Crippen LogP contribution in [0.4, 0.5) is 0 Å². The Morgan fingerprint density at radius 1 is 1.44 bits per heavy atom. The van der Waals surface area contributed by atoms with Crippen LogP contribution in [0.25, 0.3) is 0 Å². The lowest BCUT2D eigenvalue weighted by Crippen LogP contribution is -2.26. The smallest absolute Gasteiger partial charge is 0.223 e. The maximum absolute atomic E-state index is 11.5. The number of carbonyl (C=O) groups excluding carboxylic acids is 1. The van der Waals surface area contributed by atoms with E-state index in [-0.39, 0.29) is 12.3 Å². The van der Waals surface area contributed by atoms with E-state index in [0.29, 0.717) is 10.0 Å². The molecule has 0 heterocycles. The fourth-order valence-corrected chi connectivity index (χ4v) is 1.83. The van der Waals surface area contributed by atoms with Gasteiger partial charge >= 0.3 is 0 Å². The van der Waals surface area contributed by atoms with Crippen LogP contribution >= 0.6 is 23.2 Å². The maximum Gasteiger partial charge on any atom is 0.223 e. The zero-order valence-corrected chi connectivity index (χ0v) is 10.7. The molecule has 0 fully saturated rings. The third kappa shape index (κ3) is 3.37. The average Bonchev–Trinajstić information content (AvgIpc) is 2.16. The summed E-state index contributed by atoms with van der Waals surface area (Å²) < 4.78 is 0. The highest BCUT2D eigenvalue weighted by Crippen LogP contribution is 2.26. The van der Waals surface area contributed by atoms with Crippen molar-refractivity contribution in [1.82, 2.24) is 4.90 Å². The molecule has 0 aliphatic carbocycles. The van der Waals surface area contributed by atoms with E-state index in [0.717, 1.165) is 5.56 Å². The van der Waals surface area contributed by atoms with Gasteiger partial charge in [0.15, 0.2) is 0 Å². The molecule has 0 aliphatic rings. The van der Waals surface area contributed by atoms with Crippen molar-refractivity contribution < 1.29 is 4.79 Å². The zero-order chi connectivity index (χ0) is 12.3. The van der Waals surface area contributed by atoms with Crippen LogP contribution in [0.15, 0.2) is 18.2 Å². The van der Waals surface area contributed by atoms with Gasteiger partial charge in [-0.05, 0) is 17.7 Å². The lowest BCUT2D eigenvalue weighted by atomic mass is 10.0. The molecule has 0 bridgehead atoms. The lowest BCUT2D eigenvalue weighted by Gasteiger charge is -2.16. The van der Waals surface area contributed by atoms with E-state index in [1.54, 1.807) is 32.3 Å². The number of amides is 1. The van der Waals surface area contributed by atoms with Crippen LogP contribution < -0.4 is 5.73 Å². The lowest BCUT2D eigenvalue weighted by molar-refractivity contribution is -0.129. The van der Waals surface area contributed by atoms with Gasteiger partial charge in [0.1, 0.15) is 0 Å². The third-order valence-corrected chi connectivity index (χ3v) is 2.82. The molecule has 0 aromatic heterocycles. The first-order chi connectivity index (χ1) is 7.41. The molecule has 2 N–H and O–H groups in total. The summed E-state index contributed by atoms with van der Waals surface area (Å²) in [5.41, 5.74) is 6.65.